The highest BCUT2D eigenvalue weighted by molar-refractivity contribution is 6.00. The molecule has 1 aliphatic heterocycles. The lowest BCUT2D eigenvalue weighted by molar-refractivity contribution is 0.101. The molecule has 1 aromatic rings. The van der Waals surface area contributed by atoms with Crippen LogP contribution in [0.25, 0.3) is 0 Å². The van der Waals surface area contributed by atoms with Crippen LogP contribution in [0.2, 0.25) is 0 Å². The summed E-state index contributed by atoms with van der Waals surface area (Å²) in [6.45, 7) is 4.54. The summed E-state index contributed by atoms with van der Waals surface area (Å²) in [5, 5.41) is 0. The average molecular weight is 263 g/mol. The Morgan fingerprint density at radius 2 is 2.21 bits per heavy atom. The molecule has 0 saturated carbocycles. The lowest BCUT2D eigenvalue weighted by atomic mass is 9.95. The molecule has 0 N–H and O–H groups in total. The molecule has 1 aliphatic rings. The monoisotopic (exact) mass is 263 g/mol. The van der Waals surface area contributed by atoms with Gasteiger partial charge in [-0.15, -0.1) is 0 Å². The second kappa shape index (κ2) is 6.18. The van der Waals surface area contributed by atoms with Crippen LogP contribution in [0.3, 0.4) is 0 Å². The van der Waals surface area contributed by atoms with Gasteiger partial charge in [-0.25, -0.2) is 4.39 Å². The summed E-state index contributed by atoms with van der Waals surface area (Å²) in [7, 11) is 0. The zero-order valence-electron chi connectivity index (χ0n) is 11.8. The first-order valence-corrected chi connectivity index (χ1v) is 7.21. The molecule has 0 bridgehead atoms. The summed E-state index contributed by atoms with van der Waals surface area (Å²) in [4.78, 5) is 14.0. The van der Waals surface area contributed by atoms with Gasteiger partial charge in [0.1, 0.15) is 5.82 Å². The molecule has 0 aliphatic carbocycles. The highest BCUT2D eigenvalue weighted by Crippen LogP contribution is 2.31. The van der Waals surface area contributed by atoms with E-state index in [0.29, 0.717) is 6.04 Å². The topological polar surface area (TPSA) is 20.3 Å². The smallest absolute Gasteiger partial charge is 0.164 e. The summed E-state index contributed by atoms with van der Waals surface area (Å²) >= 11 is 0. The van der Waals surface area contributed by atoms with Crippen LogP contribution < -0.4 is 4.90 Å². The second-order valence-corrected chi connectivity index (χ2v) is 5.32. The lowest BCUT2D eigenvalue weighted by Gasteiger charge is -2.38. The van der Waals surface area contributed by atoms with E-state index in [2.05, 4.69) is 11.8 Å². The Kier molecular flexibility index (Phi) is 4.56. The van der Waals surface area contributed by atoms with Crippen LogP contribution >= 0.6 is 0 Å². The first kappa shape index (κ1) is 14.0. The predicted octanol–water partition coefficient (Wildman–Crippen LogP) is 4.19. The van der Waals surface area contributed by atoms with Crippen molar-refractivity contribution in [1.29, 1.82) is 0 Å². The van der Waals surface area contributed by atoms with Gasteiger partial charge >= 0.3 is 0 Å². The van der Waals surface area contributed by atoms with Gasteiger partial charge in [-0.05, 0) is 44.7 Å². The van der Waals surface area contributed by atoms with Gasteiger partial charge in [0.2, 0.25) is 0 Å². The van der Waals surface area contributed by atoms with Crippen LogP contribution in [0.15, 0.2) is 18.2 Å². The SMILES string of the molecule is CCCC1CCCCN1c1cccc(F)c1C(C)=O. The van der Waals surface area contributed by atoms with E-state index >= 15 is 0 Å². The van der Waals surface area contributed by atoms with E-state index in [9.17, 15) is 9.18 Å². The first-order valence-electron chi connectivity index (χ1n) is 7.21. The number of hydrogen-bond donors (Lipinski definition) is 0. The number of halogens is 1. The van der Waals surface area contributed by atoms with E-state index in [4.69, 9.17) is 0 Å². The fourth-order valence-corrected chi connectivity index (χ4v) is 3.05. The zero-order chi connectivity index (χ0) is 13.8. The number of carbonyl (C=O) groups is 1. The van der Waals surface area contributed by atoms with Gasteiger partial charge in [0, 0.05) is 12.6 Å². The third kappa shape index (κ3) is 2.96. The molecule has 1 saturated heterocycles. The number of piperidine rings is 1. The molecule has 1 atom stereocenters. The maximum absolute atomic E-state index is 13.9. The lowest BCUT2D eigenvalue weighted by Crippen LogP contribution is -2.40. The maximum Gasteiger partial charge on any atom is 0.164 e. The van der Waals surface area contributed by atoms with E-state index in [-0.39, 0.29) is 11.3 Å². The van der Waals surface area contributed by atoms with E-state index < -0.39 is 5.82 Å². The minimum absolute atomic E-state index is 0.186. The van der Waals surface area contributed by atoms with Crippen LogP contribution in [0.4, 0.5) is 10.1 Å². The Morgan fingerprint density at radius 1 is 1.42 bits per heavy atom. The van der Waals surface area contributed by atoms with Crippen molar-refractivity contribution in [3.8, 4) is 0 Å². The minimum atomic E-state index is -0.397. The molecule has 0 aromatic heterocycles. The summed E-state index contributed by atoms with van der Waals surface area (Å²) in [6, 6.07) is 5.40. The van der Waals surface area contributed by atoms with E-state index in [0.717, 1.165) is 37.9 Å². The number of Topliss-reactive ketones (excluding diaryl/α,β-unsaturated/α-hetero) is 1. The molecule has 0 radical (unpaired) electrons. The van der Waals surface area contributed by atoms with Gasteiger partial charge in [-0.3, -0.25) is 4.79 Å². The number of hydrogen-bond acceptors (Lipinski definition) is 2. The Hall–Kier alpha value is -1.38. The summed E-state index contributed by atoms with van der Waals surface area (Å²) < 4.78 is 13.9. The average Bonchev–Trinajstić information content (AvgIpc) is 2.39. The van der Waals surface area contributed by atoms with Gasteiger partial charge in [0.25, 0.3) is 0 Å². The molecule has 1 unspecified atom stereocenters. The Morgan fingerprint density at radius 3 is 2.89 bits per heavy atom. The Bertz CT molecular complexity index is 456. The summed E-state index contributed by atoms with van der Waals surface area (Å²) in [5.74, 6) is -0.584. The van der Waals surface area contributed by atoms with Gasteiger partial charge in [0.05, 0.1) is 11.3 Å². The standard InChI is InChI=1S/C16H22FNO/c1-3-7-13-8-4-5-11-18(13)15-10-6-9-14(17)16(15)12(2)19/h6,9-10,13H,3-5,7-8,11H2,1-2H3. The van der Waals surface area contributed by atoms with Crippen molar-refractivity contribution in [2.75, 3.05) is 11.4 Å². The van der Waals surface area contributed by atoms with Crippen LogP contribution in [0.5, 0.6) is 0 Å². The number of benzene rings is 1. The molecule has 2 rings (SSSR count). The number of anilines is 1. The van der Waals surface area contributed by atoms with Crippen LogP contribution in [-0.2, 0) is 0 Å². The van der Waals surface area contributed by atoms with Gasteiger partial charge in [-0.1, -0.05) is 19.4 Å². The van der Waals surface area contributed by atoms with Crippen molar-refractivity contribution >= 4 is 11.5 Å². The maximum atomic E-state index is 13.9. The van der Waals surface area contributed by atoms with Gasteiger partial charge < -0.3 is 4.90 Å². The summed E-state index contributed by atoms with van der Waals surface area (Å²) in [5.41, 5.74) is 1.04. The third-order valence-corrected chi connectivity index (χ3v) is 3.90. The normalized spacial score (nSPS) is 19.5. The van der Waals surface area contributed by atoms with E-state index in [1.54, 1.807) is 6.07 Å². The molecule has 0 spiro atoms. The summed E-state index contributed by atoms with van der Waals surface area (Å²) in [6.07, 6.45) is 5.71. The quantitative estimate of drug-likeness (QED) is 0.759. The molecule has 1 aromatic carbocycles. The van der Waals surface area contributed by atoms with Crippen molar-refractivity contribution in [3.63, 3.8) is 0 Å². The molecular weight excluding hydrogens is 241 g/mol. The third-order valence-electron chi connectivity index (χ3n) is 3.90. The Balaban J connectivity index is 2.38. The molecule has 2 nitrogen and oxygen atoms in total. The highest BCUT2D eigenvalue weighted by atomic mass is 19.1. The number of rotatable bonds is 4. The number of ketones is 1. The van der Waals surface area contributed by atoms with Crippen LogP contribution in [0.1, 0.15) is 56.3 Å². The Labute approximate surface area is 114 Å². The predicted molar refractivity (Wildman–Crippen MR) is 76.3 cm³/mol. The van der Waals surface area contributed by atoms with Crippen molar-refractivity contribution in [3.05, 3.63) is 29.6 Å². The van der Waals surface area contributed by atoms with Gasteiger partial charge in [0.15, 0.2) is 5.78 Å². The highest BCUT2D eigenvalue weighted by Gasteiger charge is 2.26. The molecule has 1 fully saturated rings. The minimum Gasteiger partial charge on any atom is -0.368 e. The molecule has 19 heavy (non-hydrogen) atoms. The van der Waals surface area contributed by atoms with E-state index in [1.165, 1.54) is 19.4 Å². The number of nitrogens with zero attached hydrogens (tertiary/aromatic N) is 1. The first-order chi connectivity index (χ1) is 9.15. The largest absolute Gasteiger partial charge is 0.368 e. The van der Waals surface area contributed by atoms with Crippen molar-refractivity contribution in [2.24, 2.45) is 0 Å². The molecular formula is C16H22FNO. The molecule has 0 amide bonds. The molecule has 1 heterocycles. The van der Waals surface area contributed by atoms with Crippen molar-refractivity contribution in [1.82, 2.24) is 0 Å². The molecule has 3 heteroatoms. The van der Waals surface area contributed by atoms with Crippen LogP contribution in [-0.4, -0.2) is 18.4 Å². The zero-order valence-corrected chi connectivity index (χ0v) is 11.8. The molecule has 104 valence electrons. The van der Waals surface area contributed by atoms with Crippen molar-refractivity contribution in [2.45, 2.75) is 52.0 Å². The number of carbonyl (C=O) groups excluding carboxylic acids is 1. The fourth-order valence-electron chi connectivity index (χ4n) is 3.05. The van der Waals surface area contributed by atoms with Crippen molar-refractivity contribution < 1.29 is 9.18 Å². The van der Waals surface area contributed by atoms with Crippen LogP contribution in [0, 0.1) is 5.82 Å². The fraction of sp³-hybridized carbons (Fsp3) is 0.562. The van der Waals surface area contributed by atoms with Gasteiger partial charge in [-0.2, -0.15) is 0 Å². The second-order valence-electron chi connectivity index (χ2n) is 5.32. The van der Waals surface area contributed by atoms with E-state index in [1.807, 2.05) is 6.07 Å².